The Labute approximate surface area is 117 Å². The van der Waals surface area contributed by atoms with E-state index in [1.807, 2.05) is 45.0 Å². The van der Waals surface area contributed by atoms with Gasteiger partial charge in [0.2, 0.25) is 0 Å². The fourth-order valence-corrected chi connectivity index (χ4v) is 2.45. The Bertz CT molecular complexity index is 392. The van der Waals surface area contributed by atoms with Crippen molar-refractivity contribution in [2.45, 2.75) is 58.7 Å². The molecule has 3 nitrogen and oxygen atoms in total. The van der Waals surface area contributed by atoms with Crippen LogP contribution in [0.3, 0.4) is 0 Å². The summed E-state index contributed by atoms with van der Waals surface area (Å²) in [5.74, 6) is 0.917. The minimum atomic E-state index is -0.309. The van der Waals surface area contributed by atoms with Crippen molar-refractivity contribution in [3.63, 3.8) is 0 Å². The molecule has 0 aromatic heterocycles. The van der Waals surface area contributed by atoms with Crippen molar-refractivity contribution < 1.29 is 9.84 Å². The van der Waals surface area contributed by atoms with Crippen molar-refractivity contribution in [3.05, 3.63) is 29.8 Å². The quantitative estimate of drug-likeness (QED) is 0.796. The fourth-order valence-electron chi connectivity index (χ4n) is 2.45. The van der Waals surface area contributed by atoms with Crippen LogP contribution in [0.4, 0.5) is 0 Å². The molecule has 2 unspecified atom stereocenters. The molecule has 0 fully saturated rings. The van der Waals surface area contributed by atoms with Gasteiger partial charge in [0.1, 0.15) is 5.75 Å². The third-order valence-corrected chi connectivity index (χ3v) is 3.15. The first-order valence-corrected chi connectivity index (χ1v) is 6.97. The van der Waals surface area contributed by atoms with E-state index in [9.17, 15) is 5.11 Å². The zero-order valence-electron chi connectivity index (χ0n) is 12.7. The van der Waals surface area contributed by atoms with Gasteiger partial charge in [0.15, 0.2) is 0 Å². The lowest BCUT2D eigenvalue weighted by molar-refractivity contribution is 0.104. The first kappa shape index (κ1) is 16.0. The first-order valence-electron chi connectivity index (χ1n) is 6.97. The Hall–Kier alpha value is -1.06. The standard InChI is InChI=1S/C16H27NO2/c1-12(2)17-16(5,11-18)10-14(4)19-15-9-7-6-8-13(15)3/h6-9,12,14,17-18H,10-11H2,1-5H3. The first-order chi connectivity index (χ1) is 8.86. The van der Waals surface area contributed by atoms with E-state index in [-0.39, 0.29) is 18.2 Å². The Morgan fingerprint density at radius 1 is 1.26 bits per heavy atom. The molecule has 2 N–H and O–H groups in total. The molecule has 0 aliphatic heterocycles. The smallest absolute Gasteiger partial charge is 0.122 e. The summed E-state index contributed by atoms with van der Waals surface area (Å²) in [6.45, 7) is 10.4. The highest BCUT2D eigenvalue weighted by Crippen LogP contribution is 2.21. The van der Waals surface area contributed by atoms with Crippen LogP contribution in [0.15, 0.2) is 24.3 Å². The largest absolute Gasteiger partial charge is 0.490 e. The third kappa shape index (κ3) is 5.21. The molecule has 1 rings (SSSR count). The molecule has 0 aliphatic rings. The van der Waals surface area contributed by atoms with Crippen molar-refractivity contribution in [3.8, 4) is 5.75 Å². The van der Waals surface area contributed by atoms with Gasteiger partial charge in [-0.2, -0.15) is 0 Å². The highest BCUT2D eigenvalue weighted by molar-refractivity contribution is 5.31. The molecule has 0 radical (unpaired) electrons. The van der Waals surface area contributed by atoms with Crippen LogP contribution in [0.25, 0.3) is 0 Å². The minimum Gasteiger partial charge on any atom is -0.490 e. The van der Waals surface area contributed by atoms with Gasteiger partial charge in [-0.05, 0) is 32.4 Å². The minimum absolute atomic E-state index is 0.0458. The SMILES string of the molecule is Cc1ccccc1OC(C)CC(C)(CO)NC(C)C. The van der Waals surface area contributed by atoms with Gasteiger partial charge < -0.3 is 15.2 Å². The second-order valence-corrected chi connectivity index (χ2v) is 5.92. The fraction of sp³-hybridized carbons (Fsp3) is 0.625. The number of hydrogen-bond donors (Lipinski definition) is 2. The summed E-state index contributed by atoms with van der Waals surface area (Å²) >= 11 is 0. The lowest BCUT2D eigenvalue weighted by atomic mass is 9.94. The summed E-state index contributed by atoms with van der Waals surface area (Å²) in [7, 11) is 0. The molecule has 2 atom stereocenters. The van der Waals surface area contributed by atoms with Gasteiger partial charge in [-0.1, -0.05) is 32.0 Å². The second-order valence-electron chi connectivity index (χ2n) is 5.92. The number of aryl methyl sites for hydroxylation is 1. The number of nitrogens with one attached hydrogen (secondary N) is 1. The van der Waals surface area contributed by atoms with Crippen LogP contribution in [0.1, 0.15) is 39.7 Å². The molecule has 108 valence electrons. The van der Waals surface area contributed by atoms with Crippen LogP contribution in [-0.4, -0.2) is 29.4 Å². The summed E-state index contributed by atoms with van der Waals surface area (Å²) in [6, 6.07) is 8.35. The van der Waals surface area contributed by atoms with Gasteiger partial charge in [0.05, 0.1) is 12.7 Å². The molecular weight excluding hydrogens is 238 g/mol. The average Bonchev–Trinajstić information content (AvgIpc) is 2.31. The number of aliphatic hydroxyl groups is 1. The van der Waals surface area contributed by atoms with E-state index >= 15 is 0 Å². The molecule has 0 spiro atoms. The molecule has 0 heterocycles. The monoisotopic (exact) mass is 265 g/mol. The van der Waals surface area contributed by atoms with Gasteiger partial charge in [0.25, 0.3) is 0 Å². The van der Waals surface area contributed by atoms with Crippen molar-refractivity contribution in [1.29, 1.82) is 0 Å². The topological polar surface area (TPSA) is 41.5 Å². The molecule has 0 bridgehead atoms. The Kier molecular flexibility index (Phi) is 5.83. The highest BCUT2D eigenvalue weighted by atomic mass is 16.5. The molecule has 0 aliphatic carbocycles. The number of hydrogen-bond acceptors (Lipinski definition) is 3. The molecule has 3 heteroatoms. The van der Waals surface area contributed by atoms with E-state index < -0.39 is 0 Å². The summed E-state index contributed by atoms with van der Waals surface area (Å²) in [6.07, 6.45) is 0.806. The third-order valence-electron chi connectivity index (χ3n) is 3.15. The Morgan fingerprint density at radius 3 is 2.42 bits per heavy atom. The van der Waals surface area contributed by atoms with Gasteiger partial charge in [-0.3, -0.25) is 0 Å². The molecule has 0 amide bonds. The van der Waals surface area contributed by atoms with E-state index in [0.717, 1.165) is 17.7 Å². The number of benzene rings is 1. The summed E-state index contributed by atoms with van der Waals surface area (Å²) in [4.78, 5) is 0. The summed E-state index contributed by atoms with van der Waals surface area (Å²) in [5, 5.41) is 13.0. The maximum Gasteiger partial charge on any atom is 0.122 e. The Balaban J connectivity index is 2.63. The van der Waals surface area contributed by atoms with Crippen molar-refractivity contribution in [2.24, 2.45) is 0 Å². The second kappa shape index (κ2) is 6.92. The van der Waals surface area contributed by atoms with E-state index in [4.69, 9.17) is 4.74 Å². The zero-order valence-corrected chi connectivity index (χ0v) is 12.7. The van der Waals surface area contributed by atoms with Gasteiger partial charge in [0, 0.05) is 18.0 Å². The van der Waals surface area contributed by atoms with E-state index in [1.165, 1.54) is 0 Å². The maximum atomic E-state index is 9.59. The van der Waals surface area contributed by atoms with Crippen LogP contribution >= 0.6 is 0 Å². The average molecular weight is 265 g/mol. The van der Waals surface area contributed by atoms with Crippen LogP contribution in [0.2, 0.25) is 0 Å². The molecule has 1 aromatic rings. The summed E-state index contributed by atoms with van der Waals surface area (Å²) < 4.78 is 5.97. The predicted octanol–water partition coefficient (Wildman–Crippen LogP) is 2.90. The number of para-hydroxylation sites is 1. The van der Waals surface area contributed by atoms with Crippen LogP contribution in [-0.2, 0) is 0 Å². The lowest BCUT2D eigenvalue weighted by Crippen LogP contribution is -2.51. The lowest BCUT2D eigenvalue weighted by Gasteiger charge is -2.33. The molecule has 1 aromatic carbocycles. The van der Waals surface area contributed by atoms with Crippen molar-refractivity contribution in [2.75, 3.05) is 6.61 Å². The van der Waals surface area contributed by atoms with Crippen molar-refractivity contribution in [1.82, 2.24) is 5.32 Å². The normalized spacial score (nSPS) is 16.2. The molecule has 0 saturated heterocycles. The van der Waals surface area contributed by atoms with Crippen LogP contribution < -0.4 is 10.1 Å². The zero-order chi connectivity index (χ0) is 14.5. The van der Waals surface area contributed by atoms with Gasteiger partial charge in [-0.25, -0.2) is 0 Å². The van der Waals surface area contributed by atoms with Gasteiger partial charge in [-0.15, -0.1) is 0 Å². The van der Waals surface area contributed by atoms with Crippen LogP contribution in [0, 0.1) is 6.92 Å². The maximum absolute atomic E-state index is 9.59. The number of aliphatic hydroxyl groups excluding tert-OH is 1. The highest BCUT2D eigenvalue weighted by Gasteiger charge is 2.27. The van der Waals surface area contributed by atoms with Gasteiger partial charge >= 0.3 is 0 Å². The van der Waals surface area contributed by atoms with E-state index in [2.05, 4.69) is 19.2 Å². The molecule has 0 saturated carbocycles. The van der Waals surface area contributed by atoms with Crippen molar-refractivity contribution >= 4 is 0 Å². The molecular formula is C16H27NO2. The predicted molar refractivity (Wildman–Crippen MR) is 79.6 cm³/mol. The van der Waals surface area contributed by atoms with E-state index in [0.29, 0.717) is 6.04 Å². The summed E-state index contributed by atoms with van der Waals surface area (Å²) in [5.41, 5.74) is 0.827. The molecule has 19 heavy (non-hydrogen) atoms. The van der Waals surface area contributed by atoms with E-state index in [1.54, 1.807) is 0 Å². The Morgan fingerprint density at radius 2 is 1.89 bits per heavy atom. The number of ether oxygens (including phenoxy) is 1. The number of rotatable bonds is 7. The van der Waals surface area contributed by atoms with Crippen LogP contribution in [0.5, 0.6) is 5.75 Å².